The second kappa shape index (κ2) is 7.07. The van der Waals surface area contributed by atoms with Crippen LogP contribution in [0, 0.1) is 27.7 Å². The van der Waals surface area contributed by atoms with Gasteiger partial charge in [0.05, 0.1) is 16.6 Å². The number of carbonyl (C=O) groups excluding carboxylic acids is 1. The summed E-state index contributed by atoms with van der Waals surface area (Å²) >= 11 is 0. The lowest BCUT2D eigenvalue weighted by Crippen LogP contribution is -2.41. The van der Waals surface area contributed by atoms with E-state index in [1.54, 1.807) is 0 Å². The Hall–Kier alpha value is -2.09. The molecule has 0 saturated heterocycles. The molecule has 0 heterocycles. The maximum atomic E-state index is 13.9. The molecule has 8 heteroatoms. The number of nitrogens with two attached hydrogens (primary N) is 1. The molecule has 21 heavy (non-hydrogen) atoms. The summed E-state index contributed by atoms with van der Waals surface area (Å²) < 4.78 is 27.2. The number of halogens is 2. The van der Waals surface area contributed by atoms with Gasteiger partial charge in [0.2, 0.25) is 5.82 Å². The van der Waals surface area contributed by atoms with Crippen molar-refractivity contribution in [2.75, 3.05) is 6.54 Å². The van der Waals surface area contributed by atoms with Crippen LogP contribution >= 0.6 is 0 Å². The predicted octanol–water partition coefficient (Wildman–Crippen LogP) is 1.98. The number of nitro benzene ring substituents is 1. The molecule has 1 aromatic rings. The van der Waals surface area contributed by atoms with Gasteiger partial charge in [-0.05, 0) is 18.4 Å². The van der Waals surface area contributed by atoms with Crippen LogP contribution in [0.25, 0.3) is 0 Å². The van der Waals surface area contributed by atoms with E-state index in [-0.39, 0.29) is 12.5 Å². The number of benzene rings is 1. The van der Waals surface area contributed by atoms with Crippen molar-refractivity contribution in [1.82, 2.24) is 5.32 Å². The Morgan fingerprint density at radius 1 is 1.43 bits per heavy atom. The SMILES string of the molecule is CC(C)CC(CN)NC(=O)c1cc(F)cc([N+](=O)[O-])c1F. The fourth-order valence-electron chi connectivity index (χ4n) is 1.92. The lowest BCUT2D eigenvalue weighted by atomic mass is 10.0. The van der Waals surface area contributed by atoms with Crippen molar-refractivity contribution in [3.63, 3.8) is 0 Å². The first-order valence-electron chi connectivity index (χ1n) is 6.40. The number of carbonyl (C=O) groups is 1. The standard InChI is InChI=1S/C13H17F2N3O3/c1-7(2)3-9(6-16)17-13(19)10-4-8(14)5-11(12(10)15)18(20)21/h4-5,7,9H,3,6,16H2,1-2H3,(H,17,19). The van der Waals surface area contributed by atoms with Crippen molar-refractivity contribution in [2.24, 2.45) is 11.7 Å². The second-order valence-corrected chi connectivity index (χ2v) is 5.08. The zero-order valence-corrected chi connectivity index (χ0v) is 11.7. The lowest BCUT2D eigenvalue weighted by Gasteiger charge is -2.19. The highest BCUT2D eigenvalue weighted by Crippen LogP contribution is 2.22. The summed E-state index contributed by atoms with van der Waals surface area (Å²) in [5.41, 5.74) is 3.72. The Bertz CT molecular complexity index is 550. The fourth-order valence-corrected chi connectivity index (χ4v) is 1.92. The van der Waals surface area contributed by atoms with Crippen LogP contribution in [0.2, 0.25) is 0 Å². The monoisotopic (exact) mass is 301 g/mol. The van der Waals surface area contributed by atoms with E-state index in [4.69, 9.17) is 5.73 Å². The zero-order valence-electron chi connectivity index (χ0n) is 11.7. The second-order valence-electron chi connectivity index (χ2n) is 5.08. The average molecular weight is 301 g/mol. The Balaban J connectivity index is 3.04. The largest absolute Gasteiger partial charge is 0.348 e. The molecule has 1 rings (SSSR count). The van der Waals surface area contributed by atoms with E-state index in [9.17, 15) is 23.7 Å². The molecule has 1 unspecified atom stereocenters. The molecule has 1 atom stereocenters. The number of nitrogens with one attached hydrogen (secondary N) is 1. The maximum absolute atomic E-state index is 13.9. The van der Waals surface area contributed by atoms with Gasteiger partial charge < -0.3 is 11.1 Å². The van der Waals surface area contributed by atoms with Gasteiger partial charge in [-0.2, -0.15) is 4.39 Å². The normalized spacial score (nSPS) is 12.3. The van der Waals surface area contributed by atoms with E-state index in [1.807, 2.05) is 13.8 Å². The van der Waals surface area contributed by atoms with Crippen molar-refractivity contribution >= 4 is 11.6 Å². The van der Waals surface area contributed by atoms with E-state index in [0.29, 0.717) is 18.6 Å². The Morgan fingerprint density at radius 2 is 2.05 bits per heavy atom. The molecule has 0 aliphatic heterocycles. The Kier molecular flexibility index (Phi) is 5.71. The topological polar surface area (TPSA) is 98.3 Å². The zero-order chi connectivity index (χ0) is 16.2. The predicted molar refractivity (Wildman–Crippen MR) is 72.8 cm³/mol. The van der Waals surface area contributed by atoms with E-state index < -0.39 is 39.8 Å². The number of hydrogen-bond acceptors (Lipinski definition) is 4. The highest BCUT2D eigenvalue weighted by Gasteiger charge is 2.25. The van der Waals surface area contributed by atoms with Crippen LogP contribution in [0.5, 0.6) is 0 Å². The van der Waals surface area contributed by atoms with E-state index in [2.05, 4.69) is 5.32 Å². The molecule has 0 bridgehead atoms. The minimum atomic E-state index is -1.36. The molecule has 0 fully saturated rings. The number of nitro groups is 1. The van der Waals surface area contributed by atoms with Gasteiger partial charge in [-0.1, -0.05) is 13.8 Å². The molecule has 1 amide bonds. The smallest absolute Gasteiger partial charge is 0.308 e. The highest BCUT2D eigenvalue weighted by molar-refractivity contribution is 5.95. The third-order valence-corrected chi connectivity index (χ3v) is 2.84. The number of hydrogen-bond donors (Lipinski definition) is 2. The molecule has 0 aliphatic carbocycles. The molecule has 0 saturated carbocycles. The molecular formula is C13H17F2N3O3. The van der Waals surface area contributed by atoms with E-state index in [0.717, 1.165) is 0 Å². The minimum Gasteiger partial charge on any atom is -0.348 e. The molecule has 116 valence electrons. The first-order chi connectivity index (χ1) is 9.76. The Labute approximate surface area is 120 Å². The summed E-state index contributed by atoms with van der Waals surface area (Å²) in [5, 5.41) is 13.1. The average Bonchev–Trinajstić information content (AvgIpc) is 2.39. The van der Waals surface area contributed by atoms with Crippen molar-refractivity contribution in [3.8, 4) is 0 Å². The fraction of sp³-hybridized carbons (Fsp3) is 0.462. The molecule has 1 aromatic carbocycles. The third kappa shape index (κ3) is 4.45. The van der Waals surface area contributed by atoms with Crippen molar-refractivity contribution in [2.45, 2.75) is 26.3 Å². The third-order valence-electron chi connectivity index (χ3n) is 2.84. The first kappa shape index (κ1) is 17.0. The number of nitrogens with zero attached hydrogens (tertiary/aromatic N) is 1. The van der Waals surface area contributed by atoms with Crippen LogP contribution < -0.4 is 11.1 Å². The Morgan fingerprint density at radius 3 is 2.52 bits per heavy atom. The van der Waals surface area contributed by atoms with Gasteiger partial charge in [0, 0.05) is 12.6 Å². The highest BCUT2D eigenvalue weighted by atomic mass is 19.1. The minimum absolute atomic E-state index is 0.128. The van der Waals surface area contributed by atoms with Crippen LogP contribution in [-0.2, 0) is 0 Å². The van der Waals surface area contributed by atoms with E-state index in [1.165, 1.54) is 0 Å². The van der Waals surface area contributed by atoms with Gasteiger partial charge in [0.15, 0.2) is 0 Å². The first-order valence-corrected chi connectivity index (χ1v) is 6.40. The quantitative estimate of drug-likeness (QED) is 0.620. The number of amides is 1. The van der Waals surface area contributed by atoms with Crippen LogP contribution in [0.1, 0.15) is 30.6 Å². The van der Waals surface area contributed by atoms with Crippen LogP contribution in [0.3, 0.4) is 0 Å². The van der Waals surface area contributed by atoms with Crippen LogP contribution in [0.4, 0.5) is 14.5 Å². The molecular weight excluding hydrogens is 284 g/mol. The van der Waals surface area contributed by atoms with Crippen LogP contribution in [0.15, 0.2) is 12.1 Å². The van der Waals surface area contributed by atoms with Crippen molar-refractivity contribution in [1.29, 1.82) is 0 Å². The van der Waals surface area contributed by atoms with Gasteiger partial charge >= 0.3 is 5.69 Å². The van der Waals surface area contributed by atoms with Gasteiger partial charge in [0.25, 0.3) is 5.91 Å². The summed E-state index contributed by atoms with van der Waals surface area (Å²) in [6, 6.07) is 0.639. The number of rotatable bonds is 6. The molecule has 0 radical (unpaired) electrons. The van der Waals surface area contributed by atoms with Gasteiger partial charge in [0.1, 0.15) is 5.82 Å². The molecule has 3 N–H and O–H groups in total. The summed E-state index contributed by atoms with van der Waals surface area (Å²) in [6.07, 6.45) is 0.557. The maximum Gasteiger partial charge on any atom is 0.308 e. The molecule has 0 aromatic heterocycles. The summed E-state index contributed by atoms with van der Waals surface area (Å²) in [5.74, 6) is -3.10. The van der Waals surface area contributed by atoms with Crippen molar-refractivity contribution in [3.05, 3.63) is 39.4 Å². The molecule has 0 aliphatic rings. The van der Waals surface area contributed by atoms with Gasteiger partial charge in [-0.25, -0.2) is 4.39 Å². The van der Waals surface area contributed by atoms with Crippen molar-refractivity contribution < 1.29 is 18.5 Å². The molecule has 6 nitrogen and oxygen atoms in total. The lowest BCUT2D eigenvalue weighted by molar-refractivity contribution is -0.387. The summed E-state index contributed by atoms with van der Waals surface area (Å²) in [4.78, 5) is 21.5. The molecule has 0 spiro atoms. The van der Waals surface area contributed by atoms with Gasteiger partial charge in [-0.15, -0.1) is 0 Å². The summed E-state index contributed by atoms with van der Waals surface area (Å²) in [6.45, 7) is 3.97. The summed E-state index contributed by atoms with van der Waals surface area (Å²) in [7, 11) is 0. The van der Waals surface area contributed by atoms with Crippen LogP contribution in [-0.4, -0.2) is 23.4 Å². The van der Waals surface area contributed by atoms with Gasteiger partial charge in [-0.3, -0.25) is 14.9 Å². The van der Waals surface area contributed by atoms with E-state index >= 15 is 0 Å².